The van der Waals surface area contributed by atoms with Crippen molar-refractivity contribution in [2.24, 2.45) is 17.6 Å². The topological polar surface area (TPSA) is 80.5 Å². The van der Waals surface area contributed by atoms with Gasteiger partial charge in [-0.05, 0) is 31.7 Å². The van der Waals surface area contributed by atoms with Crippen LogP contribution in [0.4, 0.5) is 0 Å². The van der Waals surface area contributed by atoms with Gasteiger partial charge < -0.3 is 10.6 Å². The lowest BCUT2D eigenvalue weighted by molar-refractivity contribution is -0.135. The average molecular weight is 290 g/mol. The molecule has 0 aliphatic heterocycles. The van der Waals surface area contributed by atoms with Crippen molar-refractivity contribution in [2.75, 3.05) is 32.1 Å². The first-order chi connectivity index (χ1) is 8.83. The fourth-order valence-corrected chi connectivity index (χ4v) is 3.34. The Labute approximate surface area is 116 Å². The zero-order valence-corrected chi connectivity index (χ0v) is 12.8. The second-order valence-electron chi connectivity index (χ2n) is 5.70. The molecule has 0 heterocycles. The Morgan fingerprint density at radius 3 is 2.63 bits per heavy atom. The molecule has 1 saturated carbocycles. The normalized spacial score (nSPS) is 24.2. The number of sulfone groups is 1. The summed E-state index contributed by atoms with van der Waals surface area (Å²) >= 11 is 0. The second-order valence-corrected chi connectivity index (χ2v) is 7.96. The van der Waals surface area contributed by atoms with Gasteiger partial charge in [0, 0.05) is 25.8 Å². The molecule has 1 rings (SSSR count). The van der Waals surface area contributed by atoms with Crippen LogP contribution in [0.3, 0.4) is 0 Å². The van der Waals surface area contributed by atoms with Gasteiger partial charge >= 0.3 is 0 Å². The van der Waals surface area contributed by atoms with E-state index in [1.165, 1.54) is 6.26 Å². The first-order valence-corrected chi connectivity index (χ1v) is 9.02. The van der Waals surface area contributed by atoms with Gasteiger partial charge in [0.25, 0.3) is 0 Å². The van der Waals surface area contributed by atoms with Gasteiger partial charge in [0.1, 0.15) is 9.84 Å². The molecule has 0 aromatic heterocycles. The number of nitrogens with two attached hydrogens (primary N) is 1. The largest absolute Gasteiger partial charge is 0.345 e. The number of rotatable bonds is 6. The van der Waals surface area contributed by atoms with Gasteiger partial charge in [-0.1, -0.05) is 12.8 Å². The molecule has 2 N–H and O–H groups in total. The maximum atomic E-state index is 12.3. The predicted molar refractivity (Wildman–Crippen MR) is 76.5 cm³/mol. The smallest absolute Gasteiger partial charge is 0.225 e. The molecule has 6 heteroatoms. The van der Waals surface area contributed by atoms with Crippen molar-refractivity contribution >= 4 is 15.7 Å². The van der Waals surface area contributed by atoms with Gasteiger partial charge in [-0.25, -0.2) is 8.42 Å². The van der Waals surface area contributed by atoms with Crippen LogP contribution >= 0.6 is 0 Å². The van der Waals surface area contributed by atoms with Crippen molar-refractivity contribution < 1.29 is 13.2 Å². The molecule has 2 atom stereocenters. The summed E-state index contributed by atoms with van der Waals surface area (Å²) in [5.74, 6) is 0.727. The minimum absolute atomic E-state index is 0.0359. The lowest BCUT2D eigenvalue weighted by Crippen LogP contribution is -2.38. The molecular weight excluding hydrogens is 264 g/mol. The molecule has 0 aromatic rings. The van der Waals surface area contributed by atoms with E-state index < -0.39 is 9.84 Å². The van der Waals surface area contributed by atoms with Crippen LogP contribution in [-0.4, -0.2) is 51.4 Å². The van der Waals surface area contributed by atoms with Crippen molar-refractivity contribution in [1.29, 1.82) is 0 Å². The van der Waals surface area contributed by atoms with E-state index in [0.29, 0.717) is 12.5 Å². The first kappa shape index (κ1) is 16.4. The molecule has 0 radical (unpaired) electrons. The van der Waals surface area contributed by atoms with Gasteiger partial charge in [0.2, 0.25) is 5.91 Å². The molecule has 1 amide bonds. The van der Waals surface area contributed by atoms with Crippen molar-refractivity contribution in [3.05, 3.63) is 0 Å². The molecule has 19 heavy (non-hydrogen) atoms. The highest BCUT2D eigenvalue weighted by molar-refractivity contribution is 7.90. The molecule has 1 fully saturated rings. The predicted octanol–water partition coefficient (Wildman–Crippen LogP) is 0.645. The highest BCUT2D eigenvalue weighted by Gasteiger charge is 2.28. The lowest BCUT2D eigenvalue weighted by atomic mass is 9.79. The van der Waals surface area contributed by atoms with E-state index in [1.54, 1.807) is 11.9 Å². The summed E-state index contributed by atoms with van der Waals surface area (Å²) in [5, 5.41) is 0. The first-order valence-electron chi connectivity index (χ1n) is 6.96. The summed E-state index contributed by atoms with van der Waals surface area (Å²) in [4.78, 5) is 13.8. The standard InChI is InChI=1S/C13H26N2O3S/c1-15(8-9-19(2,17)18)13(16)12-5-3-4-11(10-12)6-7-14/h11-12H,3-10,14H2,1-2H3. The minimum Gasteiger partial charge on any atom is -0.345 e. The average Bonchev–Trinajstić information content (AvgIpc) is 2.35. The summed E-state index contributed by atoms with van der Waals surface area (Å²) < 4.78 is 22.2. The third-order valence-electron chi connectivity index (χ3n) is 3.88. The third-order valence-corrected chi connectivity index (χ3v) is 4.80. The summed E-state index contributed by atoms with van der Waals surface area (Å²) in [6.07, 6.45) is 6.23. The molecule has 0 aromatic carbocycles. The van der Waals surface area contributed by atoms with E-state index in [9.17, 15) is 13.2 Å². The molecule has 0 spiro atoms. The number of hydrogen-bond donors (Lipinski definition) is 1. The fraction of sp³-hybridized carbons (Fsp3) is 0.923. The van der Waals surface area contributed by atoms with Gasteiger partial charge in [-0.2, -0.15) is 0 Å². The monoisotopic (exact) mass is 290 g/mol. The Morgan fingerprint density at radius 2 is 2.05 bits per heavy atom. The molecule has 1 aliphatic carbocycles. The van der Waals surface area contributed by atoms with Crippen molar-refractivity contribution in [2.45, 2.75) is 32.1 Å². The number of carbonyl (C=O) groups excluding carboxylic acids is 1. The number of amides is 1. The Bertz CT molecular complexity index is 393. The SMILES string of the molecule is CN(CCS(C)(=O)=O)C(=O)C1CCCC(CCN)C1. The highest BCUT2D eigenvalue weighted by atomic mass is 32.2. The van der Waals surface area contributed by atoms with E-state index in [0.717, 1.165) is 32.1 Å². The van der Waals surface area contributed by atoms with Crippen LogP contribution in [0, 0.1) is 11.8 Å². The molecular formula is C13H26N2O3S. The van der Waals surface area contributed by atoms with Crippen molar-refractivity contribution in [3.63, 3.8) is 0 Å². The van der Waals surface area contributed by atoms with Crippen LogP contribution in [0.5, 0.6) is 0 Å². The molecule has 112 valence electrons. The maximum Gasteiger partial charge on any atom is 0.225 e. The molecule has 2 unspecified atom stereocenters. The highest BCUT2D eigenvalue weighted by Crippen LogP contribution is 2.31. The minimum atomic E-state index is -3.01. The van der Waals surface area contributed by atoms with Gasteiger partial charge in [-0.15, -0.1) is 0 Å². The number of nitrogens with zero attached hydrogens (tertiary/aromatic N) is 1. The fourth-order valence-electron chi connectivity index (χ4n) is 2.74. The maximum absolute atomic E-state index is 12.3. The molecule has 1 aliphatic rings. The summed E-state index contributed by atoms with van der Waals surface area (Å²) in [5.41, 5.74) is 5.57. The summed E-state index contributed by atoms with van der Waals surface area (Å²) in [7, 11) is -1.32. The van der Waals surface area contributed by atoms with E-state index in [1.807, 2.05) is 0 Å². The van der Waals surface area contributed by atoms with Crippen molar-refractivity contribution in [1.82, 2.24) is 4.90 Å². The van der Waals surface area contributed by atoms with Crippen LogP contribution in [-0.2, 0) is 14.6 Å². The van der Waals surface area contributed by atoms with E-state index in [-0.39, 0.29) is 24.1 Å². The van der Waals surface area contributed by atoms with Crippen LogP contribution in [0.15, 0.2) is 0 Å². The zero-order chi connectivity index (χ0) is 14.5. The zero-order valence-electron chi connectivity index (χ0n) is 12.0. The van der Waals surface area contributed by atoms with E-state index in [2.05, 4.69) is 0 Å². The number of hydrogen-bond acceptors (Lipinski definition) is 4. The van der Waals surface area contributed by atoms with Crippen LogP contribution in [0.2, 0.25) is 0 Å². The van der Waals surface area contributed by atoms with Gasteiger partial charge in [0.15, 0.2) is 0 Å². The Hall–Kier alpha value is -0.620. The van der Waals surface area contributed by atoms with Gasteiger partial charge in [-0.3, -0.25) is 4.79 Å². The van der Waals surface area contributed by atoms with E-state index in [4.69, 9.17) is 5.73 Å². The van der Waals surface area contributed by atoms with Crippen LogP contribution in [0.25, 0.3) is 0 Å². The Morgan fingerprint density at radius 1 is 1.37 bits per heavy atom. The Balaban J connectivity index is 2.47. The molecule has 5 nitrogen and oxygen atoms in total. The Kier molecular flexibility index (Phi) is 6.26. The molecule has 0 bridgehead atoms. The number of carbonyl (C=O) groups is 1. The van der Waals surface area contributed by atoms with Crippen LogP contribution < -0.4 is 5.73 Å². The third kappa shape index (κ3) is 5.91. The second kappa shape index (κ2) is 7.24. The van der Waals surface area contributed by atoms with E-state index >= 15 is 0 Å². The quantitative estimate of drug-likeness (QED) is 0.778. The van der Waals surface area contributed by atoms with Crippen LogP contribution in [0.1, 0.15) is 32.1 Å². The summed E-state index contributed by atoms with van der Waals surface area (Å²) in [6.45, 7) is 0.964. The molecule has 0 saturated heterocycles. The van der Waals surface area contributed by atoms with Crippen molar-refractivity contribution in [3.8, 4) is 0 Å². The lowest BCUT2D eigenvalue weighted by Gasteiger charge is -2.31. The van der Waals surface area contributed by atoms with Gasteiger partial charge in [0.05, 0.1) is 5.75 Å². The summed E-state index contributed by atoms with van der Waals surface area (Å²) in [6, 6.07) is 0.